The normalized spacial score (nSPS) is 17.7. The minimum Gasteiger partial charge on any atom is -0.336 e. The van der Waals surface area contributed by atoms with Gasteiger partial charge in [-0.2, -0.15) is 0 Å². The molecule has 1 aromatic carbocycles. The van der Waals surface area contributed by atoms with Crippen molar-refractivity contribution in [2.75, 3.05) is 13.1 Å². The molecular weight excluding hydrogens is 364 g/mol. The average molecular weight is 388 g/mol. The third kappa shape index (κ3) is 4.90. The first-order valence-electron chi connectivity index (χ1n) is 9.13. The second-order valence-electron chi connectivity index (χ2n) is 6.72. The molecule has 2 aromatic rings. The summed E-state index contributed by atoms with van der Waals surface area (Å²) in [5, 5.41) is 0. The quantitative estimate of drug-likeness (QED) is 0.817. The van der Waals surface area contributed by atoms with Gasteiger partial charge in [0.1, 0.15) is 0 Å². The van der Waals surface area contributed by atoms with Gasteiger partial charge in [-0.05, 0) is 44.4 Å². The summed E-state index contributed by atoms with van der Waals surface area (Å²) in [7, 11) is -3.70. The van der Waals surface area contributed by atoms with Crippen molar-refractivity contribution in [2.45, 2.75) is 43.5 Å². The molecule has 144 valence electrons. The van der Waals surface area contributed by atoms with Crippen LogP contribution in [0.15, 0.2) is 47.8 Å². The lowest BCUT2D eigenvalue weighted by molar-refractivity contribution is 0.0635. The van der Waals surface area contributed by atoms with Crippen LogP contribution in [0.4, 0.5) is 0 Å². The minimum atomic E-state index is -3.70. The molecule has 1 amide bonds. The van der Waals surface area contributed by atoms with Gasteiger partial charge in [-0.15, -0.1) is 0 Å². The van der Waals surface area contributed by atoms with Crippen molar-refractivity contribution in [1.82, 2.24) is 19.6 Å². The number of benzene rings is 1. The first kappa shape index (κ1) is 19.4. The van der Waals surface area contributed by atoms with Crippen molar-refractivity contribution < 1.29 is 13.2 Å². The fraction of sp³-hybridized carbons (Fsp3) is 0.421. The highest BCUT2D eigenvalue weighted by Crippen LogP contribution is 2.20. The fourth-order valence-corrected chi connectivity index (χ4v) is 4.30. The summed E-state index contributed by atoms with van der Waals surface area (Å²) in [6.45, 7) is 2.96. The number of sulfonamides is 1. The van der Waals surface area contributed by atoms with E-state index >= 15 is 0 Å². The zero-order valence-corrected chi connectivity index (χ0v) is 16.2. The van der Waals surface area contributed by atoms with Crippen molar-refractivity contribution >= 4 is 15.9 Å². The third-order valence-electron chi connectivity index (χ3n) is 4.74. The van der Waals surface area contributed by atoms with Crippen molar-refractivity contribution in [2.24, 2.45) is 0 Å². The van der Waals surface area contributed by atoms with E-state index in [1.807, 2.05) is 11.8 Å². The number of likely N-dealkylation sites (tertiary alicyclic amines) is 1. The summed E-state index contributed by atoms with van der Waals surface area (Å²) in [5.74, 6) is -0.112. The fourth-order valence-electron chi connectivity index (χ4n) is 3.22. The Bertz CT molecular complexity index is 887. The van der Waals surface area contributed by atoms with Crippen LogP contribution < -0.4 is 4.72 Å². The molecule has 3 rings (SSSR count). The van der Waals surface area contributed by atoms with E-state index in [9.17, 15) is 13.2 Å². The van der Waals surface area contributed by atoms with E-state index in [-0.39, 0.29) is 23.4 Å². The lowest BCUT2D eigenvalue weighted by atomic mass is 10.0. The van der Waals surface area contributed by atoms with E-state index in [2.05, 4.69) is 14.7 Å². The molecule has 0 spiro atoms. The second kappa shape index (κ2) is 8.58. The van der Waals surface area contributed by atoms with Gasteiger partial charge in [0, 0.05) is 49.7 Å². The van der Waals surface area contributed by atoms with Crippen molar-refractivity contribution in [3.05, 3.63) is 54.1 Å². The highest BCUT2D eigenvalue weighted by atomic mass is 32.2. The molecule has 1 aliphatic heterocycles. The molecule has 27 heavy (non-hydrogen) atoms. The molecule has 1 atom stereocenters. The number of nitrogens with zero attached hydrogens (tertiary/aromatic N) is 3. The molecule has 1 aliphatic rings. The third-order valence-corrected chi connectivity index (χ3v) is 6.20. The lowest BCUT2D eigenvalue weighted by Crippen LogP contribution is -2.42. The first-order valence-corrected chi connectivity index (χ1v) is 10.6. The van der Waals surface area contributed by atoms with Gasteiger partial charge in [-0.1, -0.05) is 6.07 Å². The van der Waals surface area contributed by atoms with Crippen LogP contribution in [0, 0.1) is 0 Å². The molecule has 0 bridgehead atoms. The maximum absolute atomic E-state index is 12.8. The number of carbonyl (C=O) groups is 1. The highest BCUT2D eigenvalue weighted by Gasteiger charge is 2.25. The number of rotatable bonds is 6. The van der Waals surface area contributed by atoms with Gasteiger partial charge >= 0.3 is 0 Å². The Labute approximate surface area is 159 Å². The Morgan fingerprint density at radius 2 is 2.15 bits per heavy atom. The summed E-state index contributed by atoms with van der Waals surface area (Å²) in [6.07, 6.45) is 8.27. The van der Waals surface area contributed by atoms with Crippen molar-refractivity contribution in [3.8, 4) is 0 Å². The molecule has 0 unspecified atom stereocenters. The number of aromatic nitrogens is 2. The van der Waals surface area contributed by atoms with E-state index < -0.39 is 10.0 Å². The number of nitrogens with one attached hydrogen (secondary N) is 1. The highest BCUT2D eigenvalue weighted by molar-refractivity contribution is 7.89. The largest absolute Gasteiger partial charge is 0.336 e. The molecular formula is C19H24N4O3S. The van der Waals surface area contributed by atoms with E-state index in [1.165, 1.54) is 12.1 Å². The number of hydrogen-bond acceptors (Lipinski definition) is 5. The molecule has 7 nitrogen and oxygen atoms in total. The Balaban J connectivity index is 1.69. The molecule has 1 saturated heterocycles. The summed E-state index contributed by atoms with van der Waals surface area (Å²) in [5.41, 5.74) is 1.11. The Hall–Kier alpha value is -2.32. The first-order chi connectivity index (χ1) is 13.0. The summed E-state index contributed by atoms with van der Waals surface area (Å²) >= 11 is 0. The number of carbonyl (C=O) groups excluding carboxylic acids is 1. The molecule has 0 aliphatic carbocycles. The maximum atomic E-state index is 12.8. The topological polar surface area (TPSA) is 92.3 Å². The summed E-state index contributed by atoms with van der Waals surface area (Å²) in [4.78, 5) is 22.8. The standard InChI is InChI=1S/C19H24N4O3S/c1-15-5-2-3-12-23(15)19(24)16-6-4-7-18(13-16)27(25,26)22-9-8-17-14-20-10-11-21-17/h4,6-7,10-11,13-15,22H,2-3,5,8-9,12H2,1H3/t15-/m1/s1. The lowest BCUT2D eigenvalue weighted by Gasteiger charge is -2.33. The van der Waals surface area contributed by atoms with Gasteiger partial charge in [0.2, 0.25) is 10.0 Å². The molecule has 1 N–H and O–H groups in total. The summed E-state index contributed by atoms with van der Waals surface area (Å²) < 4.78 is 27.7. The smallest absolute Gasteiger partial charge is 0.254 e. The Kier molecular flexibility index (Phi) is 6.18. The van der Waals surface area contributed by atoms with Crippen LogP contribution in [0.3, 0.4) is 0 Å². The van der Waals surface area contributed by atoms with E-state index in [0.717, 1.165) is 19.3 Å². The van der Waals surface area contributed by atoms with Crippen LogP contribution in [0.1, 0.15) is 42.2 Å². The van der Waals surface area contributed by atoms with Crippen LogP contribution in [-0.2, 0) is 16.4 Å². The predicted octanol–water partition coefficient (Wildman–Crippen LogP) is 2.01. The van der Waals surface area contributed by atoms with Crippen LogP contribution in [0.25, 0.3) is 0 Å². The molecule has 1 aromatic heterocycles. The van der Waals surface area contributed by atoms with Gasteiger partial charge in [-0.25, -0.2) is 13.1 Å². The van der Waals surface area contributed by atoms with E-state index in [1.54, 1.807) is 30.7 Å². The van der Waals surface area contributed by atoms with Gasteiger partial charge in [0.15, 0.2) is 0 Å². The molecule has 0 radical (unpaired) electrons. The number of piperidine rings is 1. The SMILES string of the molecule is C[C@@H]1CCCCN1C(=O)c1cccc(S(=O)(=O)NCCc2cnccn2)c1. The number of hydrogen-bond donors (Lipinski definition) is 1. The second-order valence-corrected chi connectivity index (χ2v) is 8.48. The zero-order valence-electron chi connectivity index (χ0n) is 15.3. The maximum Gasteiger partial charge on any atom is 0.254 e. The van der Waals surface area contributed by atoms with Crippen LogP contribution >= 0.6 is 0 Å². The van der Waals surface area contributed by atoms with E-state index in [4.69, 9.17) is 0 Å². The number of amides is 1. The molecule has 1 fully saturated rings. The summed E-state index contributed by atoms with van der Waals surface area (Å²) in [6, 6.07) is 6.41. The Morgan fingerprint density at radius 3 is 2.89 bits per heavy atom. The monoisotopic (exact) mass is 388 g/mol. The molecule has 8 heteroatoms. The minimum absolute atomic E-state index is 0.0946. The average Bonchev–Trinajstić information content (AvgIpc) is 2.69. The van der Waals surface area contributed by atoms with E-state index in [0.29, 0.717) is 24.2 Å². The van der Waals surface area contributed by atoms with Crippen molar-refractivity contribution in [1.29, 1.82) is 0 Å². The van der Waals surface area contributed by atoms with Crippen molar-refractivity contribution in [3.63, 3.8) is 0 Å². The van der Waals surface area contributed by atoms with Crippen LogP contribution in [-0.4, -0.2) is 48.3 Å². The van der Waals surface area contributed by atoms with Gasteiger partial charge in [-0.3, -0.25) is 14.8 Å². The Morgan fingerprint density at radius 1 is 1.30 bits per heavy atom. The van der Waals surface area contributed by atoms with Gasteiger partial charge in [0.25, 0.3) is 5.91 Å². The van der Waals surface area contributed by atoms with Gasteiger partial charge in [0.05, 0.1) is 10.6 Å². The molecule has 0 saturated carbocycles. The van der Waals surface area contributed by atoms with Crippen LogP contribution in [0.2, 0.25) is 0 Å². The van der Waals surface area contributed by atoms with Gasteiger partial charge < -0.3 is 4.90 Å². The molecule has 2 heterocycles. The van der Waals surface area contributed by atoms with Crippen LogP contribution in [0.5, 0.6) is 0 Å². The zero-order chi connectivity index (χ0) is 19.3. The predicted molar refractivity (Wildman–Crippen MR) is 102 cm³/mol.